The van der Waals surface area contributed by atoms with Gasteiger partial charge in [-0.25, -0.2) is 9.97 Å². The Hall–Kier alpha value is -7.58. The van der Waals surface area contributed by atoms with Crippen molar-refractivity contribution in [3.8, 4) is 56.0 Å². The molecule has 0 saturated heterocycles. The molecule has 5 heterocycles. The van der Waals surface area contributed by atoms with Gasteiger partial charge in [-0.2, -0.15) is 0 Å². The Morgan fingerprint density at radius 3 is 1.14 bits per heavy atom. The summed E-state index contributed by atoms with van der Waals surface area (Å²) in [6.45, 7) is 17.5. The van der Waals surface area contributed by atoms with Gasteiger partial charge in [0.25, 0.3) is 0 Å². The fourth-order valence-corrected chi connectivity index (χ4v) is 11.1. The summed E-state index contributed by atoms with van der Waals surface area (Å²) in [7, 11) is 0. The summed E-state index contributed by atoms with van der Waals surface area (Å²) in [6.07, 6.45) is 17.4. The van der Waals surface area contributed by atoms with Crippen LogP contribution in [-0.2, 0) is 9.59 Å². The van der Waals surface area contributed by atoms with Crippen LogP contribution in [0.3, 0.4) is 0 Å². The number of benzene rings is 4. The highest BCUT2D eigenvalue weighted by molar-refractivity contribution is 6.02. The van der Waals surface area contributed by atoms with Crippen LogP contribution >= 0.6 is 0 Å². The number of aromatic amines is 2. The SMILES string of the molecule is CC(=O)CCCCCCOc1ccccc1-c1c2nc(c(-c3c(C)cc(C)cc3C)c3nc(c(-c4ccccc4OCCCCCCC(C)=O)c4ccc([nH]4)c(-c4c(C)cc(C)cc4C)c4ccc1[nH]4)C=C3)C=C2. The van der Waals surface area contributed by atoms with Crippen molar-refractivity contribution in [2.45, 2.75) is 120 Å². The number of rotatable bonds is 20. The molecule has 0 spiro atoms. The van der Waals surface area contributed by atoms with Gasteiger partial charge in [0.05, 0.1) is 36.0 Å². The van der Waals surface area contributed by atoms with Gasteiger partial charge in [0.15, 0.2) is 0 Å². The lowest BCUT2D eigenvalue weighted by atomic mass is 9.92. The summed E-state index contributed by atoms with van der Waals surface area (Å²) in [5.41, 5.74) is 22.2. The van der Waals surface area contributed by atoms with Gasteiger partial charge in [-0.3, -0.25) is 0 Å². The largest absolute Gasteiger partial charge is 0.493 e. The molecule has 4 aromatic carbocycles. The molecule has 0 aliphatic carbocycles. The third-order valence-corrected chi connectivity index (χ3v) is 14.3. The van der Waals surface area contributed by atoms with Crippen LogP contribution in [0, 0.1) is 41.5 Å². The highest BCUT2D eigenvalue weighted by atomic mass is 16.5. The highest BCUT2D eigenvalue weighted by Gasteiger charge is 2.24. The standard InChI is InChI=1S/C66H70N4O4/c1-41-37-43(3)61(44(4)38-41)65-55-31-27-51(67-55)63(49-23-15-17-25-59(49)73-35-19-11-9-13-21-47(7)71)53-29-33-57(69-53)66(62-45(5)39-42(2)40-46(62)6)58-34-30-54(70-58)64(52-28-32-56(65)68-52)50-24-16-18-26-60(50)74-36-20-12-10-14-22-48(8)72/h15-18,23-34,37-40,67-68H,9-14,19-22,35-36H2,1-8H3. The number of carbonyl (C=O) groups is 2. The zero-order chi connectivity index (χ0) is 51.9. The Morgan fingerprint density at radius 2 is 0.743 bits per heavy atom. The molecule has 8 bridgehead atoms. The van der Waals surface area contributed by atoms with Gasteiger partial charge in [-0.15, -0.1) is 0 Å². The molecule has 8 nitrogen and oxygen atoms in total. The molecule has 0 amide bonds. The molecule has 2 aliphatic heterocycles. The Balaban J connectivity index is 1.32. The number of para-hydroxylation sites is 2. The van der Waals surface area contributed by atoms with Crippen LogP contribution in [-0.4, -0.2) is 44.7 Å². The van der Waals surface area contributed by atoms with E-state index >= 15 is 0 Å². The molecule has 378 valence electrons. The zero-order valence-electron chi connectivity index (χ0n) is 44.6. The van der Waals surface area contributed by atoms with Gasteiger partial charge in [-0.05, 0) is 175 Å². The Morgan fingerprint density at radius 1 is 0.405 bits per heavy atom. The second-order valence-corrected chi connectivity index (χ2v) is 20.5. The van der Waals surface area contributed by atoms with Crippen molar-refractivity contribution < 1.29 is 19.1 Å². The number of Topliss-reactive ketones (excluding diaryl/α,β-unsaturated/α-hetero) is 2. The van der Waals surface area contributed by atoms with Crippen LogP contribution in [0.4, 0.5) is 0 Å². The fourth-order valence-electron chi connectivity index (χ4n) is 11.1. The van der Waals surface area contributed by atoms with E-state index in [0.717, 1.165) is 163 Å². The summed E-state index contributed by atoms with van der Waals surface area (Å²) < 4.78 is 13.4. The minimum atomic E-state index is 0.242. The predicted octanol–water partition coefficient (Wildman–Crippen LogP) is 17.0. The van der Waals surface area contributed by atoms with E-state index in [1.54, 1.807) is 13.8 Å². The lowest BCUT2D eigenvalue weighted by molar-refractivity contribution is -0.117. The van der Waals surface area contributed by atoms with E-state index in [1.165, 1.54) is 22.3 Å². The number of nitrogens with zero attached hydrogens (tertiary/aromatic N) is 2. The summed E-state index contributed by atoms with van der Waals surface area (Å²) in [5, 5.41) is 0. The Labute approximate surface area is 437 Å². The second kappa shape index (κ2) is 23.1. The third-order valence-electron chi connectivity index (χ3n) is 14.3. The Bertz CT molecular complexity index is 3280. The maximum absolute atomic E-state index is 11.6. The van der Waals surface area contributed by atoms with Gasteiger partial charge in [0, 0.05) is 68.3 Å². The molecule has 0 saturated carbocycles. The first kappa shape index (κ1) is 51.3. The molecule has 74 heavy (non-hydrogen) atoms. The van der Waals surface area contributed by atoms with Gasteiger partial charge in [-0.1, -0.05) is 97.5 Å². The van der Waals surface area contributed by atoms with Crippen LogP contribution in [0.5, 0.6) is 11.5 Å². The molecule has 0 fully saturated rings. The summed E-state index contributed by atoms with van der Waals surface area (Å²) in [6, 6.07) is 34.4. The van der Waals surface area contributed by atoms with Crippen molar-refractivity contribution in [2.75, 3.05) is 13.2 Å². The minimum Gasteiger partial charge on any atom is -0.493 e. The monoisotopic (exact) mass is 983 g/mol. The number of hydrogen-bond acceptors (Lipinski definition) is 6. The minimum absolute atomic E-state index is 0.242. The number of ketones is 2. The van der Waals surface area contributed by atoms with E-state index in [9.17, 15) is 9.59 Å². The first-order valence-corrected chi connectivity index (χ1v) is 26.6. The smallest absolute Gasteiger partial charge is 0.129 e. The Kier molecular flexibility index (Phi) is 16.0. The first-order valence-electron chi connectivity index (χ1n) is 26.6. The van der Waals surface area contributed by atoms with Crippen molar-refractivity contribution in [1.82, 2.24) is 19.9 Å². The number of nitrogens with one attached hydrogen (secondary N) is 2. The van der Waals surface area contributed by atoms with Gasteiger partial charge < -0.3 is 29.0 Å². The zero-order valence-corrected chi connectivity index (χ0v) is 44.6. The quantitative estimate of drug-likeness (QED) is 0.0736. The molecule has 0 unspecified atom stereocenters. The molecule has 2 N–H and O–H groups in total. The van der Waals surface area contributed by atoms with Crippen molar-refractivity contribution in [3.63, 3.8) is 0 Å². The molecule has 7 aromatic rings. The second-order valence-electron chi connectivity index (χ2n) is 20.5. The average Bonchev–Trinajstić information content (AvgIpc) is 4.22. The molecular formula is C66H70N4O4. The van der Waals surface area contributed by atoms with E-state index in [4.69, 9.17) is 19.4 Å². The summed E-state index contributed by atoms with van der Waals surface area (Å²) >= 11 is 0. The maximum Gasteiger partial charge on any atom is 0.129 e. The summed E-state index contributed by atoms with van der Waals surface area (Å²) in [5.74, 6) is 2.07. The van der Waals surface area contributed by atoms with Crippen LogP contribution in [0.2, 0.25) is 0 Å². The van der Waals surface area contributed by atoms with E-state index in [-0.39, 0.29) is 11.6 Å². The molecule has 0 radical (unpaired) electrons. The number of hydrogen-bond donors (Lipinski definition) is 2. The average molecular weight is 983 g/mol. The lowest BCUT2D eigenvalue weighted by Crippen LogP contribution is -2.00. The number of carbonyl (C=O) groups excluding carboxylic acids is 2. The van der Waals surface area contributed by atoms with E-state index < -0.39 is 0 Å². The molecule has 0 atom stereocenters. The number of fused-ring (bicyclic) bond motifs is 8. The predicted molar refractivity (Wildman–Crippen MR) is 308 cm³/mol. The highest BCUT2D eigenvalue weighted by Crippen LogP contribution is 2.43. The first-order chi connectivity index (χ1) is 35.8. The van der Waals surface area contributed by atoms with Gasteiger partial charge in [0.2, 0.25) is 0 Å². The van der Waals surface area contributed by atoms with E-state index in [1.807, 2.05) is 12.1 Å². The topological polar surface area (TPSA) is 110 Å². The molecule has 3 aromatic heterocycles. The van der Waals surface area contributed by atoms with Crippen LogP contribution in [0.15, 0.2) is 97.1 Å². The number of H-pyrrole nitrogens is 2. The fraction of sp³-hybridized carbons (Fsp3) is 0.303. The van der Waals surface area contributed by atoms with Gasteiger partial charge in [0.1, 0.15) is 23.1 Å². The lowest BCUT2D eigenvalue weighted by Gasteiger charge is -2.14. The number of aromatic nitrogens is 4. The molecular weight excluding hydrogens is 913 g/mol. The van der Waals surface area contributed by atoms with Crippen LogP contribution in [0.1, 0.15) is 134 Å². The number of aryl methyl sites for hydroxylation is 6. The van der Waals surface area contributed by atoms with Crippen molar-refractivity contribution in [2.24, 2.45) is 0 Å². The van der Waals surface area contributed by atoms with Gasteiger partial charge >= 0.3 is 0 Å². The summed E-state index contributed by atoms with van der Waals surface area (Å²) in [4.78, 5) is 42.4. The third kappa shape index (κ3) is 11.5. The van der Waals surface area contributed by atoms with Crippen LogP contribution < -0.4 is 9.47 Å². The molecule has 9 rings (SSSR count). The van der Waals surface area contributed by atoms with Crippen molar-refractivity contribution in [1.29, 1.82) is 0 Å². The van der Waals surface area contributed by atoms with Crippen molar-refractivity contribution in [3.05, 3.63) is 153 Å². The van der Waals surface area contributed by atoms with Crippen LogP contribution in [0.25, 0.3) is 90.9 Å². The van der Waals surface area contributed by atoms with E-state index in [2.05, 4.69) is 161 Å². The maximum atomic E-state index is 11.6. The number of ether oxygens (including phenoxy) is 2. The normalized spacial score (nSPS) is 11.9. The number of unbranched alkanes of at least 4 members (excludes halogenated alkanes) is 6. The van der Waals surface area contributed by atoms with E-state index in [0.29, 0.717) is 26.1 Å². The molecule has 2 aliphatic rings. The van der Waals surface area contributed by atoms with Crippen molar-refractivity contribution >= 4 is 57.9 Å². The molecule has 8 heteroatoms.